The minimum atomic E-state index is -0.134. The van der Waals surface area contributed by atoms with E-state index in [1.54, 1.807) is 0 Å². The molecule has 3 heteroatoms. The zero-order chi connectivity index (χ0) is 15.2. The van der Waals surface area contributed by atoms with Crippen molar-refractivity contribution >= 4 is 5.91 Å². The highest BCUT2D eigenvalue weighted by Crippen LogP contribution is 2.13. The molecule has 0 fully saturated rings. The molecule has 0 saturated carbocycles. The molecule has 2 N–H and O–H groups in total. The van der Waals surface area contributed by atoms with Crippen molar-refractivity contribution in [2.75, 3.05) is 6.54 Å². The first-order valence-corrected chi connectivity index (χ1v) is 7.51. The molecular weight excluding hydrogens is 248 g/mol. The first-order valence-electron chi connectivity index (χ1n) is 7.51. The van der Waals surface area contributed by atoms with Gasteiger partial charge in [0.25, 0.3) is 0 Å². The molecule has 0 spiro atoms. The number of amides is 1. The molecule has 112 valence electrons. The van der Waals surface area contributed by atoms with Gasteiger partial charge in [-0.25, -0.2) is 0 Å². The third kappa shape index (κ3) is 5.33. The zero-order valence-electron chi connectivity index (χ0n) is 13.4. The van der Waals surface area contributed by atoms with E-state index < -0.39 is 0 Å². The third-order valence-corrected chi connectivity index (χ3v) is 3.82. The largest absolute Gasteiger partial charge is 0.350 e. The second-order valence-corrected chi connectivity index (χ2v) is 5.98. The second-order valence-electron chi connectivity index (χ2n) is 5.98. The van der Waals surface area contributed by atoms with E-state index >= 15 is 0 Å². The molecule has 0 bridgehead atoms. The first kappa shape index (κ1) is 16.7. The summed E-state index contributed by atoms with van der Waals surface area (Å²) >= 11 is 0. The average molecular weight is 276 g/mol. The molecule has 0 heterocycles. The van der Waals surface area contributed by atoms with Crippen LogP contribution in [0.15, 0.2) is 24.3 Å². The molecule has 1 aromatic carbocycles. The van der Waals surface area contributed by atoms with Crippen molar-refractivity contribution < 1.29 is 4.79 Å². The minimum absolute atomic E-state index is 0.0499. The standard InChI is InChI=1S/C17H28N2O/c1-6-14-8-10-15(11-9-14)13(3)18-12-16(20)19-17(4,5)7-2/h8-11,13,18H,6-7,12H2,1-5H3,(H,19,20). The highest BCUT2D eigenvalue weighted by molar-refractivity contribution is 5.78. The van der Waals surface area contributed by atoms with Crippen LogP contribution in [-0.4, -0.2) is 18.0 Å². The van der Waals surface area contributed by atoms with Gasteiger partial charge in [-0.3, -0.25) is 4.79 Å². The Balaban J connectivity index is 2.46. The van der Waals surface area contributed by atoms with Crippen LogP contribution in [0.2, 0.25) is 0 Å². The number of hydrogen-bond donors (Lipinski definition) is 2. The maximum absolute atomic E-state index is 11.9. The summed E-state index contributed by atoms with van der Waals surface area (Å²) in [6, 6.07) is 8.73. The normalized spacial score (nSPS) is 13.1. The maximum Gasteiger partial charge on any atom is 0.234 e. The molecule has 0 aromatic heterocycles. The number of rotatable bonds is 7. The maximum atomic E-state index is 11.9. The van der Waals surface area contributed by atoms with Crippen molar-refractivity contribution in [3.8, 4) is 0 Å². The zero-order valence-corrected chi connectivity index (χ0v) is 13.4. The fraction of sp³-hybridized carbons (Fsp3) is 0.588. The van der Waals surface area contributed by atoms with Crippen LogP contribution in [0.4, 0.5) is 0 Å². The predicted octanol–water partition coefficient (Wildman–Crippen LogP) is 3.20. The SMILES string of the molecule is CCc1ccc(C(C)NCC(=O)NC(C)(C)CC)cc1. The van der Waals surface area contributed by atoms with E-state index in [-0.39, 0.29) is 17.5 Å². The van der Waals surface area contributed by atoms with Crippen molar-refractivity contribution in [1.82, 2.24) is 10.6 Å². The lowest BCUT2D eigenvalue weighted by Crippen LogP contribution is -2.46. The van der Waals surface area contributed by atoms with Crippen LogP contribution in [-0.2, 0) is 11.2 Å². The van der Waals surface area contributed by atoms with Crippen molar-refractivity contribution in [2.24, 2.45) is 0 Å². The van der Waals surface area contributed by atoms with E-state index in [9.17, 15) is 4.79 Å². The van der Waals surface area contributed by atoms with E-state index in [2.05, 4.69) is 55.7 Å². The molecule has 0 aliphatic carbocycles. The molecule has 0 radical (unpaired) electrons. The van der Waals surface area contributed by atoms with Gasteiger partial charge in [0, 0.05) is 11.6 Å². The average Bonchev–Trinajstić information content (AvgIpc) is 2.44. The highest BCUT2D eigenvalue weighted by Gasteiger charge is 2.17. The molecule has 1 atom stereocenters. The first-order chi connectivity index (χ1) is 9.38. The predicted molar refractivity (Wildman–Crippen MR) is 84.8 cm³/mol. The second kappa shape index (κ2) is 7.44. The van der Waals surface area contributed by atoms with Crippen LogP contribution in [0.5, 0.6) is 0 Å². The van der Waals surface area contributed by atoms with E-state index in [0.29, 0.717) is 6.54 Å². The molecule has 20 heavy (non-hydrogen) atoms. The van der Waals surface area contributed by atoms with Crippen LogP contribution < -0.4 is 10.6 Å². The number of hydrogen-bond acceptors (Lipinski definition) is 2. The van der Waals surface area contributed by atoms with E-state index in [1.807, 2.05) is 13.8 Å². The topological polar surface area (TPSA) is 41.1 Å². The molecule has 0 saturated heterocycles. The lowest BCUT2D eigenvalue weighted by Gasteiger charge is -2.25. The quantitative estimate of drug-likeness (QED) is 0.803. The number of aryl methyl sites for hydroxylation is 1. The molecule has 1 aromatic rings. The van der Waals surface area contributed by atoms with E-state index in [4.69, 9.17) is 0 Å². The van der Waals surface area contributed by atoms with Gasteiger partial charge in [0.05, 0.1) is 6.54 Å². The van der Waals surface area contributed by atoms with Crippen LogP contribution in [0.25, 0.3) is 0 Å². The number of benzene rings is 1. The van der Waals surface area contributed by atoms with Gasteiger partial charge in [0.15, 0.2) is 0 Å². The Hall–Kier alpha value is -1.35. The Morgan fingerprint density at radius 2 is 1.80 bits per heavy atom. The Bertz CT molecular complexity index is 423. The molecule has 1 rings (SSSR count). The molecule has 0 aliphatic heterocycles. The summed E-state index contributed by atoms with van der Waals surface area (Å²) in [5.41, 5.74) is 2.42. The highest BCUT2D eigenvalue weighted by atomic mass is 16.2. The summed E-state index contributed by atoms with van der Waals surface area (Å²) in [5.74, 6) is 0.0499. The van der Waals surface area contributed by atoms with Gasteiger partial charge >= 0.3 is 0 Å². The van der Waals surface area contributed by atoms with Crippen LogP contribution in [0.1, 0.15) is 58.2 Å². The molecular formula is C17H28N2O. The molecule has 0 aliphatic rings. The minimum Gasteiger partial charge on any atom is -0.350 e. The summed E-state index contributed by atoms with van der Waals surface area (Å²) in [4.78, 5) is 11.9. The Labute approximate surface area is 123 Å². The number of nitrogens with one attached hydrogen (secondary N) is 2. The lowest BCUT2D eigenvalue weighted by molar-refractivity contribution is -0.122. The van der Waals surface area contributed by atoms with Crippen LogP contribution in [0, 0.1) is 0 Å². The number of carbonyl (C=O) groups is 1. The summed E-state index contributed by atoms with van der Waals surface area (Å²) in [6.07, 6.45) is 1.98. The van der Waals surface area contributed by atoms with Gasteiger partial charge in [0.2, 0.25) is 5.91 Å². The van der Waals surface area contributed by atoms with Crippen molar-refractivity contribution in [3.05, 3.63) is 35.4 Å². The van der Waals surface area contributed by atoms with Crippen molar-refractivity contribution in [2.45, 2.75) is 59.0 Å². The lowest BCUT2D eigenvalue weighted by atomic mass is 10.0. The Morgan fingerprint density at radius 3 is 2.30 bits per heavy atom. The summed E-state index contributed by atoms with van der Waals surface area (Å²) in [5, 5.41) is 6.30. The van der Waals surface area contributed by atoms with Gasteiger partial charge < -0.3 is 10.6 Å². The van der Waals surface area contributed by atoms with Gasteiger partial charge in [-0.1, -0.05) is 38.1 Å². The monoisotopic (exact) mass is 276 g/mol. The Kier molecular flexibility index (Phi) is 6.21. The smallest absolute Gasteiger partial charge is 0.234 e. The van der Waals surface area contributed by atoms with Gasteiger partial charge in [0.1, 0.15) is 0 Å². The van der Waals surface area contributed by atoms with Gasteiger partial charge in [-0.15, -0.1) is 0 Å². The van der Waals surface area contributed by atoms with Crippen LogP contribution >= 0.6 is 0 Å². The summed E-state index contributed by atoms with van der Waals surface area (Å²) in [7, 11) is 0. The molecule has 3 nitrogen and oxygen atoms in total. The summed E-state index contributed by atoms with van der Waals surface area (Å²) < 4.78 is 0. The van der Waals surface area contributed by atoms with Crippen molar-refractivity contribution in [3.63, 3.8) is 0 Å². The number of carbonyl (C=O) groups excluding carboxylic acids is 1. The Morgan fingerprint density at radius 1 is 1.20 bits per heavy atom. The molecule has 1 amide bonds. The van der Waals surface area contributed by atoms with E-state index in [0.717, 1.165) is 12.8 Å². The van der Waals surface area contributed by atoms with E-state index in [1.165, 1.54) is 11.1 Å². The summed E-state index contributed by atoms with van der Waals surface area (Å²) in [6.45, 7) is 10.7. The molecule has 1 unspecified atom stereocenters. The van der Waals surface area contributed by atoms with Gasteiger partial charge in [-0.2, -0.15) is 0 Å². The van der Waals surface area contributed by atoms with Crippen LogP contribution in [0.3, 0.4) is 0 Å². The van der Waals surface area contributed by atoms with Gasteiger partial charge in [-0.05, 0) is 44.7 Å². The third-order valence-electron chi connectivity index (χ3n) is 3.82. The fourth-order valence-electron chi connectivity index (χ4n) is 1.92. The fourth-order valence-corrected chi connectivity index (χ4v) is 1.92. The van der Waals surface area contributed by atoms with Crippen molar-refractivity contribution in [1.29, 1.82) is 0 Å².